The first-order valence-corrected chi connectivity index (χ1v) is 9.38. The molecule has 4 rings (SSSR count). The predicted molar refractivity (Wildman–Crippen MR) is 109 cm³/mol. The molecule has 0 fully saturated rings. The molecule has 1 aliphatic heterocycles. The average Bonchev–Trinajstić information content (AvgIpc) is 2.65. The second-order valence-corrected chi connectivity index (χ2v) is 7.53. The quantitative estimate of drug-likeness (QED) is 0.505. The van der Waals surface area contributed by atoms with E-state index < -0.39 is 0 Å². The second kappa shape index (κ2) is 6.85. The zero-order chi connectivity index (χ0) is 18.1. The van der Waals surface area contributed by atoms with Crippen molar-refractivity contribution in [3.8, 4) is 0 Å². The van der Waals surface area contributed by atoms with Gasteiger partial charge in [0.1, 0.15) is 0 Å². The topological polar surface area (TPSA) is 29.1 Å². The summed E-state index contributed by atoms with van der Waals surface area (Å²) >= 11 is 1.84. The number of carbonyl (C=O) groups is 1. The Bertz CT molecular complexity index is 1000. The predicted octanol–water partition coefficient (Wildman–Crippen LogP) is 5.76. The highest BCUT2D eigenvalue weighted by atomic mass is 32.2. The van der Waals surface area contributed by atoms with E-state index in [0.29, 0.717) is 0 Å². The first kappa shape index (κ1) is 16.7. The van der Waals surface area contributed by atoms with Crippen LogP contribution in [-0.2, 0) is 11.2 Å². The Hall–Kier alpha value is -2.78. The van der Waals surface area contributed by atoms with E-state index >= 15 is 0 Å². The minimum atomic E-state index is -0.0657. The molecule has 0 bridgehead atoms. The Morgan fingerprint density at radius 2 is 1.62 bits per heavy atom. The number of fused-ring (bicyclic) bond motifs is 2. The molecule has 3 aromatic rings. The number of benzene rings is 3. The molecule has 3 heteroatoms. The van der Waals surface area contributed by atoms with Gasteiger partial charge in [-0.3, -0.25) is 4.79 Å². The Morgan fingerprint density at radius 1 is 0.923 bits per heavy atom. The van der Waals surface area contributed by atoms with Crippen molar-refractivity contribution < 1.29 is 4.79 Å². The first-order chi connectivity index (χ1) is 12.6. The van der Waals surface area contributed by atoms with Crippen LogP contribution in [0.2, 0.25) is 0 Å². The maximum atomic E-state index is 11.1. The fraction of sp³-hybridized carbons (Fsp3) is 0.0870. The van der Waals surface area contributed by atoms with Crippen molar-refractivity contribution in [2.24, 2.45) is 0 Å². The van der Waals surface area contributed by atoms with Gasteiger partial charge in [-0.2, -0.15) is 0 Å². The van der Waals surface area contributed by atoms with Crippen LogP contribution < -0.4 is 5.32 Å². The number of rotatable bonds is 3. The van der Waals surface area contributed by atoms with Crippen LogP contribution in [-0.4, -0.2) is 5.91 Å². The number of carbonyl (C=O) groups excluding carboxylic acids is 1. The molecule has 3 aromatic carbocycles. The SMILES string of the molecule is C=C(c1ccc(NC(C)=O)cc1)c1ccc2c(c1)Cc1ccccc1S2. The summed E-state index contributed by atoms with van der Waals surface area (Å²) in [6.07, 6.45) is 0.959. The van der Waals surface area contributed by atoms with Gasteiger partial charge >= 0.3 is 0 Å². The molecule has 0 aromatic heterocycles. The van der Waals surface area contributed by atoms with Crippen LogP contribution >= 0.6 is 11.8 Å². The minimum Gasteiger partial charge on any atom is -0.326 e. The summed E-state index contributed by atoms with van der Waals surface area (Å²) in [6, 6.07) is 23.0. The lowest BCUT2D eigenvalue weighted by atomic mass is 9.95. The molecule has 0 unspecified atom stereocenters. The van der Waals surface area contributed by atoms with E-state index in [4.69, 9.17) is 0 Å². The Morgan fingerprint density at radius 3 is 2.38 bits per heavy atom. The third-order valence-electron chi connectivity index (χ3n) is 4.54. The third kappa shape index (κ3) is 3.31. The summed E-state index contributed by atoms with van der Waals surface area (Å²) in [5.41, 5.74) is 6.71. The maximum Gasteiger partial charge on any atom is 0.221 e. The van der Waals surface area contributed by atoms with Gasteiger partial charge in [-0.05, 0) is 64.6 Å². The normalized spacial score (nSPS) is 12.0. The minimum absolute atomic E-state index is 0.0657. The van der Waals surface area contributed by atoms with Crippen molar-refractivity contribution in [2.45, 2.75) is 23.1 Å². The van der Waals surface area contributed by atoms with E-state index in [2.05, 4.69) is 54.4 Å². The van der Waals surface area contributed by atoms with E-state index in [1.165, 1.54) is 27.8 Å². The van der Waals surface area contributed by atoms with E-state index in [0.717, 1.165) is 28.8 Å². The summed E-state index contributed by atoms with van der Waals surface area (Å²) in [6.45, 7) is 5.79. The molecule has 0 saturated carbocycles. The van der Waals surface area contributed by atoms with Gasteiger partial charge in [0.05, 0.1) is 0 Å². The molecule has 0 spiro atoms. The smallest absolute Gasteiger partial charge is 0.221 e. The highest BCUT2D eigenvalue weighted by Gasteiger charge is 2.16. The third-order valence-corrected chi connectivity index (χ3v) is 5.77. The van der Waals surface area contributed by atoms with Gasteiger partial charge in [-0.15, -0.1) is 0 Å². The number of hydrogen-bond acceptors (Lipinski definition) is 2. The van der Waals surface area contributed by atoms with E-state index in [-0.39, 0.29) is 5.91 Å². The van der Waals surface area contributed by atoms with Crippen LogP contribution in [0, 0.1) is 0 Å². The fourth-order valence-electron chi connectivity index (χ4n) is 3.20. The van der Waals surface area contributed by atoms with Gasteiger partial charge in [0.25, 0.3) is 0 Å². The standard InChI is InChI=1S/C23H19NOS/c1-15(17-7-10-21(11-8-17)24-16(2)25)18-9-12-23-20(13-18)14-19-5-3-4-6-22(19)26-23/h3-13H,1,14H2,2H3,(H,24,25). The Balaban J connectivity index is 1.59. The summed E-state index contributed by atoms with van der Waals surface area (Å²) in [4.78, 5) is 13.8. The molecule has 1 aliphatic rings. The Labute approximate surface area is 158 Å². The largest absolute Gasteiger partial charge is 0.326 e. The molecule has 128 valence electrons. The van der Waals surface area contributed by atoms with Crippen LogP contribution in [0.4, 0.5) is 5.69 Å². The second-order valence-electron chi connectivity index (χ2n) is 6.45. The molecular weight excluding hydrogens is 338 g/mol. The lowest BCUT2D eigenvalue weighted by Crippen LogP contribution is -2.05. The number of anilines is 1. The molecule has 0 radical (unpaired) electrons. The molecule has 0 aliphatic carbocycles. The van der Waals surface area contributed by atoms with Crippen molar-refractivity contribution in [3.05, 3.63) is 95.6 Å². The summed E-state index contributed by atoms with van der Waals surface area (Å²) in [5, 5.41) is 2.79. The molecule has 2 nitrogen and oxygen atoms in total. The van der Waals surface area contributed by atoms with Gasteiger partial charge in [0, 0.05) is 22.4 Å². The molecule has 26 heavy (non-hydrogen) atoms. The highest BCUT2D eigenvalue weighted by Crippen LogP contribution is 2.40. The highest BCUT2D eigenvalue weighted by molar-refractivity contribution is 7.99. The van der Waals surface area contributed by atoms with Gasteiger partial charge in [-0.1, -0.05) is 54.7 Å². The zero-order valence-corrected chi connectivity index (χ0v) is 15.4. The number of amides is 1. The lowest BCUT2D eigenvalue weighted by molar-refractivity contribution is -0.114. The van der Waals surface area contributed by atoms with E-state index in [1.54, 1.807) is 0 Å². The van der Waals surface area contributed by atoms with Crippen LogP contribution in [0.3, 0.4) is 0 Å². The number of nitrogens with one attached hydrogen (secondary N) is 1. The first-order valence-electron chi connectivity index (χ1n) is 8.56. The van der Waals surface area contributed by atoms with Crippen LogP contribution in [0.25, 0.3) is 5.57 Å². The fourth-order valence-corrected chi connectivity index (χ4v) is 4.26. The molecule has 1 N–H and O–H groups in total. The molecule has 0 atom stereocenters. The van der Waals surface area contributed by atoms with Crippen molar-refractivity contribution in [2.75, 3.05) is 5.32 Å². The zero-order valence-electron chi connectivity index (χ0n) is 14.6. The van der Waals surface area contributed by atoms with Gasteiger partial charge in [-0.25, -0.2) is 0 Å². The summed E-state index contributed by atoms with van der Waals surface area (Å²) in [5.74, 6) is -0.0657. The lowest BCUT2D eigenvalue weighted by Gasteiger charge is -2.20. The van der Waals surface area contributed by atoms with Crippen molar-refractivity contribution >= 4 is 28.9 Å². The Kier molecular flexibility index (Phi) is 4.39. The van der Waals surface area contributed by atoms with Gasteiger partial charge in [0.15, 0.2) is 0 Å². The van der Waals surface area contributed by atoms with Crippen LogP contribution in [0.15, 0.2) is 83.1 Å². The maximum absolute atomic E-state index is 11.1. The van der Waals surface area contributed by atoms with Crippen molar-refractivity contribution in [1.29, 1.82) is 0 Å². The van der Waals surface area contributed by atoms with E-state index in [9.17, 15) is 4.79 Å². The summed E-state index contributed by atoms with van der Waals surface area (Å²) in [7, 11) is 0. The van der Waals surface area contributed by atoms with Gasteiger partial charge in [0.2, 0.25) is 5.91 Å². The molecular formula is C23H19NOS. The monoisotopic (exact) mass is 357 g/mol. The molecule has 1 heterocycles. The average molecular weight is 357 g/mol. The summed E-state index contributed by atoms with van der Waals surface area (Å²) < 4.78 is 0. The number of hydrogen-bond donors (Lipinski definition) is 1. The van der Waals surface area contributed by atoms with Crippen LogP contribution in [0.5, 0.6) is 0 Å². The van der Waals surface area contributed by atoms with Gasteiger partial charge < -0.3 is 5.32 Å². The van der Waals surface area contributed by atoms with Crippen LogP contribution in [0.1, 0.15) is 29.2 Å². The van der Waals surface area contributed by atoms with Crippen molar-refractivity contribution in [1.82, 2.24) is 0 Å². The molecule has 1 amide bonds. The van der Waals surface area contributed by atoms with Crippen molar-refractivity contribution in [3.63, 3.8) is 0 Å². The van der Waals surface area contributed by atoms with E-state index in [1.807, 2.05) is 36.0 Å². The molecule has 0 saturated heterocycles.